The number of ether oxygens (including phenoxy) is 2. The topological polar surface area (TPSA) is 125 Å². The second kappa shape index (κ2) is 12.1. The van der Waals surface area contributed by atoms with Gasteiger partial charge < -0.3 is 29.2 Å². The van der Waals surface area contributed by atoms with Crippen LogP contribution in [0.1, 0.15) is 12.2 Å². The Morgan fingerprint density at radius 3 is 2.67 bits per heavy atom. The fourth-order valence-electron chi connectivity index (χ4n) is 7.96. The van der Waals surface area contributed by atoms with Gasteiger partial charge in [-0.2, -0.15) is 5.10 Å². The molecule has 4 bridgehead atoms. The summed E-state index contributed by atoms with van der Waals surface area (Å²) in [5, 5.41) is 8.85. The molecule has 0 radical (unpaired) electrons. The van der Waals surface area contributed by atoms with E-state index < -0.39 is 23.8 Å². The van der Waals surface area contributed by atoms with Crippen LogP contribution in [0.4, 0.5) is 20.3 Å². The summed E-state index contributed by atoms with van der Waals surface area (Å²) in [6, 6.07) is 13.3. The maximum Gasteiger partial charge on any atom is 0.254 e. The summed E-state index contributed by atoms with van der Waals surface area (Å²) in [5.74, 6) is 0.563. The average Bonchev–Trinajstić information content (AvgIpc) is 3.82. The van der Waals surface area contributed by atoms with E-state index in [2.05, 4.69) is 15.4 Å². The van der Waals surface area contributed by atoms with Gasteiger partial charge in [-0.1, -0.05) is 6.07 Å². The fraction of sp³-hybridized carbons (Fsp3) is 0.324. The highest BCUT2D eigenvalue weighted by Crippen LogP contribution is 2.37. The van der Waals surface area contributed by atoms with Gasteiger partial charge in [-0.25, -0.2) is 23.4 Å². The fourth-order valence-corrected chi connectivity index (χ4v) is 7.96. The number of carbonyl (C=O) groups excluding carboxylic acids is 1. The second-order valence-electron chi connectivity index (χ2n) is 13.6. The van der Waals surface area contributed by atoms with Crippen LogP contribution >= 0.6 is 0 Å². The van der Waals surface area contributed by atoms with Gasteiger partial charge in [-0.3, -0.25) is 14.2 Å². The van der Waals surface area contributed by atoms with Crippen molar-refractivity contribution in [3.63, 3.8) is 0 Å². The largest absolute Gasteiger partial charge is 0.489 e. The normalized spacial score (nSPS) is 20.2. The number of benzene rings is 2. The molecule has 7 heterocycles. The maximum absolute atomic E-state index is 15.0. The van der Waals surface area contributed by atoms with E-state index in [1.165, 1.54) is 24.3 Å². The molecule has 1 saturated heterocycles. The lowest BCUT2D eigenvalue weighted by molar-refractivity contribution is -0.132. The van der Waals surface area contributed by atoms with Crippen molar-refractivity contribution in [3.8, 4) is 22.7 Å². The number of fused-ring (bicyclic) bond motifs is 7. The number of hydrogen-bond donors (Lipinski definition) is 1. The van der Waals surface area contributed by atoms with Gasteiger partial charge in [-0.15, -0.1) is 0 Å². The maximum atomic E-state index is 15.0. The minimum Gasteiger partial charge on any atom is -0.489 e. The summed E-state index contributed by atoms with van der Waals surface area (Å²) in [4.78, 5) is 41.6. The molecule has 15 heteroatoms. The molecule has 1 fully saturated rings. The van der Waals surface area contributed by atoms with Gasteiger partial charge >= 0.3 is 0 Å². The van der Waals surface area contributed by atoms with Crippen LogP contribution in [-0.2, 0) is 22.6 Å². The Morgan fingerprint density at radius 2 is 1.83 bits per heavy atom. The molecule has 6 aromatic rings. The van der Waals surface area contributed by atoms with Crippen LogP contribution < -0.4 is 20.5 Å². The SMILES string of the molecule is CO[C@H]1CN(C)C(=O)[C@@H]2CC(CN2c2cc(=O)n3c4c2cnn4-c2ccc(F)cc2OCC3)Nc2cccc(n2)-c2cc(F)cc3nc(C)n(c23)C1. The van der Waals surface area contributed by atoms with Crippen molar-refractivity contribution in [1.29, 1.82) is 0 Å². The summed E-state index contributed by atoms with van der Waals surface area (Å²) >= 11 is 0. The Hall–Kier alpha value is -5.83. The van der Waals surface area contributed by atoms with Crippen molar-refractivity contribution in [2.75, 3.05) is 44.1 Å². The Kier molecular flexibility index (Phi) is 7.50. The van der Waals surface area contributed by atoms with E-state index in [9.17, 15) is 14.0 Å². The minimum atomic E-state index is -0.652. The highest BCUT2D eigenvalue weighted by molar-refractivity contribution is 5.95. The van der Waals surface area contributed by atoms with Gasteiger partial charge in [0.2, 0.25) is 5.91 Å². The van der Waals surface area contributed by atoms with E-state index in [-0.39, 0.29) is 37.2 Å². The Labute approximate surface area is 296 Å². The number of nitrogens with zero attached hydrogens (tertiary/aromatic N) is 8. The Bertz CT molecular complexity index is 2480. The van der Waals surface area contributed by atoms with Gasteiger partial charge in [0.1, 0.15) is 53.0 Å². The van der Waals surface area contributed by atoms with Crippen LogP contribution in [0.3, 0.4) is 0 Å². The zero-order valence-electron chi connectivity index (χ0n) is 28.7. The number of imidazole rings is 1. The minimum absolute atomic E-state index is 0.141. The molecular weight excluding hydrogens is 672 g/mol. The van der Waals surface area contributed by atoms with Crippen LogP contribution in [0, 0.1) is 18.6 Å². The predicted molar refractivity (Wildman–Crippen MR) is 190 cm³/mol. The molecular formula is C37H35F2N9O4. The molecule has 9 rings (SSSR count). The van der Waals surface area contributed by atoms with E-state index in [4.69, 9.17) is 14.5 Å². The molecule has 0 spiro atoms. The number of amides is 1. The number of aromatic nitrogens is 6. The molecule has 1 N–H and O–H groups in total. The average molecular weight is 708 g/mol. The standard InChI is InChI=1S/C37H35F2N9O4/c1-20-41-28-12-22(39)11-25-27-5-4-6-33(43-27)42-23-14-31(37(50)44(2)18-24(51-3)19-46(20)35(25)28)47(17-23)30-15-34(49)45-9-10-52-32-13-21(38)7-8-29(32)48-36(45)26(30)16-40-48/h4-8,11-13,15-16,23-24,31H,9-10,14,17-19H2,1-3H3,(H,42,43)/t23?,24-,31-/m0/s1. The van der Waals surface area contributed by atoms with E-state index in [1.807, 2.05) is 34.6 Å². The zero-order valence-corrected chi connectivity index (χ0v) is 28.7. The molecule has 3 atom stereocenters. The lowest BCUT2D eigenvalue weighted by Gasteiger charge is -2.31. The number of anilines is 2. The predicted octanol–water partition coefficient (Wildman–Crippen LogP) is 4.12. The molecule has 52 heavy (non-hydrogen) atoms. The number of nitrogens with one attached hydrogen (secondary N) is 1. The van der Waals surface area contributed by atoms with Crippen molar-refractivity contribution in [2.24, 2.45) is 0 Å². The van der Waals surface area contributed by atoms with Crippen molar-refractivity contribution in [3.05, 3.63) is 88.6 Å². The second-order valence-corrected chi connectivity index (χ2v) is 13.6. The number of rotatable bonds is 2. The third kappa shape index (κ3) is 5.17. The van der Waals surface area contributed by atoms with Crippen LogP contribution in [-0.4, -0.2) is 91.7 Å². The number of likely N-dealkylation sites (N-methyl/N-ethyl adjacent to an activating group) is 1. The summed E-state index contributed by atoms with van der Waals surface area (Å²) < 4.78 is 46.2. The van der Waals surface area contributed by atoms with Crippen molar-refractivity contribution in [1.82, 2.24) is 33.8 Å². The number of carbonyl (C=O) groups is 1. The molecule has 0 aliphatic carbocycles. The molecule has 13 nitrogen and oxygen atoms in total. The molecule has 1 unspecified atom stereocenters. The monoisotopic (exact) mass is 707 g/mol. The van der Waals surface area contributed by atoms with E-state index >= 15 is 4.39 Å². The third-order valence-corrected chi connectivity index (χ3v) is 10.4. The molecule has 4 aromatic heterocycles. The van der Waals surface area contributed by atoms with E-state index in [1.54, 1.807) is 46.6 Å². The number of aryl methyl sites for hydroxylation is 1. The van der Waals surface area contributed by atoms with Crippen LogP contribution in [0.25, 0.3) is 39.0 Å². The van der Waals surface area contributed by atoms with Gasteiger partial charge in [0.15, 0.2) is 0 Å². The van der Waals surface area contributed by atoms with E-state index in [0.717, 1.165) is 5.52 Å². The quantitative estimate of drug-likeness (QED) is 0.283. The number of halogens is 2. The summed E-state index contributed by atoms with van der Waals surface area (Å²) in [6.07, 6.45) is 1.66. The lowest BCUT2D eigenvalue weighted by Crippen LogP contribution is -2.47. The van der Waals surface area contributed by atoms with E-state index in [0.29, 0.717) is 76.1 Å². The smallest absolute Gasteiger partial charge is 0.254 e. The molecule has 0 saturated carbocycles. The van der Waals surface area contributed by atoms with Gasteiger partial charge in [0.25, 0.3) is 5.56 Å². The molecule has 266 valence electrons. The number of methoxy groups -OCH3 is 1. The third-order valence-electron chi connectivity index (χ3n) is 10.4. The summed E-state index contributed by atoms with van der Waals surface area (Å²) in [7, 11) is 3.36. The number of pyridine rings is 2. The van der Waals surface area contributed by atoms with Crippen LogP contribution in [0.15, 0.2) is 65.6 Å². The van der Waals surface area contributed by atoms with Crippen LogP contribution in [0.5, 0.6) is 5.75 Å². The van der Waals surface area contributed by atoms with Gasteiger partial charge in [0.05, 0.1) is 53.2 Å². The number of hydrogen-bond acceptors (Lipinski definition) is 9. The first-order chi connectivity index (χ1) is 25.2. The van der Waals surface area contributed by atoms with Gasteiger partial charge in [0, 0.05) is 57.1 Å². The van der Waals surface area contributed by atoms with Crippen LogP contribution in [0.2, 0.25) is 0 Å². The van der Waals surface area contributed by atoms with Crippen molar-refractivity contribution < 1.29 is 23.0 Å². The molecule has 1 amide bonds. The Balaban J connectivity index is 1.17. The molecule has 2 aromatic carbocycles. The highest BCUT2D eigenvalue weighted by atomic mass is 19.1. The first-order valence-electron chi connectivity index (χ1n) is 17.2. The van der Waals surface area contributed by atoms with Crippen molar-refractivity contribution in [2.45, 2.75) is 44.6 Å². The summed E-state index contributed by atoms with van der Waals surface area (Å²) in [6.45, 7) is 3.24. The Morgan fingerprint density at radius 1 is 0.962 bits per heavy atom. The van der Waals surface area contributed by atoms with Gasteiger partial charge in [-0.05, 0) is 43.7 Å². The first kappa shape index (κ1) is 32.1. The molecule has 3 aliphatic heterocycles. The first-order valence-corrected chi connectivity index (χ1v) is 17.2. The summed E-state index contributed by atoms with van der Waals surface area (Å²) in [5.41, 5.74) is 3.73. The molecule has 3 aliphatic rings. The lowest BCUT2D eigenvalue weighted by atomic mass is 10.1. The zero-order chi connectivity index (χ0) is 35.8. The van der Waals surface area contributed by atoms with Crippen molar-refractivity contribution >= 4 is 39.5 Å². The highest BCUT2D eigenvalue weighted by Gasteiger charge is 2.40.